The third-order valence-corrected chi connectivity index (χ3v) is 3.71. The fourth-order valence-corrected chi connectivity index (χ4v) is 2.59. The molecule has 21 heavy (non-hydrogen) atoms. The van der Waals surface area contributed by atoms with Gasteiger partial charge in [-0.25, -0.2) is 0 Å². The average Bonchev–Trinajstić information content (AvgIpc) is 2.53. The van der Waals surface area contributed by atoms with Gasteiger partial charge in [-0.05, 0) is 30.5 Å². The quantitative estimate of drug-likeness (QED) is 0.769. The molecule has 0 saturated heterocycles. The Labute approximate surface area is 127 Å². The standard InChI is InChI=1S/C19H25NO/c1-2-9-18(21)14-15-20-19(16-10-5-3-6-11-16)17-12-7-4-8-13-17/h3-8,10-13,18-21H,2,9,14-15H2,1H3/t18-/m0/s1. The molecule has 0 bridgehead atoms. The molecule has 2 N–H and O–H groups in total. The van der Waals surface area contributed by atoms with Crippen LogP contribution in [0.3, 0.4) is 0 Å². The Bertz CT molecular complexity index is 458. The molecule has 1 atom stereocenters. The highest BCUT2D eigenvalue weighted by Crippen LogP contribution is 2.21. The fraction of sp³-hybridized carbons (Fsp3) is 0.368. The molecule has 2 aromatic carbocycles. The lowest BCUT2D eigenvalue weighted by atomic mass is 9.98. The summed E-state index contributed by atoms with van der Waals surface area (Å²) in [7, 11) is 0. The predicted molar refractivity (Wildman–Crippen MR) is 88.3 cm³/mol. The number of aliphatic hydroxyl groups excluding tert-OH is 1. The summed E-state index contributed by atoms with van der Waals surface area (Å²) in [4.78, 5) is 0. The zero-order chi connectivity index (χ0) is 14.9. The van der Waals surface area contributed by atoms with Gasteiger partial charge >= 0.3 is 0 Å². The van der Waals surface area contributed by atoms with Crippen LogP contribution in [0.2, 0.25) is 0 Å². The molecule has 0 amide bonds. The van der Waals surface area contributed by atoms with Gasteiger partial charge in [-0.2, -0.15) is 0 Å². The number of aliphatic hydroxyl groups is 1. The Morgan fingerprint density at radius 3 is 1.86 bits per heavy atom. The SMILES string of the molecule is CCC[C@H](O)CCNC(c1ccccc1)c1ccccc1. The molecule has 0 saturated carbocycles. The van der Waals surface area contributed by atoms with E-state index in [1.165, 1.54) is 11.1 Å². The highest BCUT2D eigenvalue weighted by molar-refractivity contribution is 5.31. The van der Waals surface area contributed by atoms with Crippen LogP contribution in [0, 0.1) is 0 Å². The van der Waals surface area contributed by atoms with E-state index in [4.69, 9.17) is 0 Å². The Kier molecular flexibility index (Phi) is 6.45. The summed E-state index contributed by atoms with van der Waals surface area (Å²) < 4.78 is 0. The Hall–Kier alpha value is -1.64. The lowest BCUT2D eigenvalue weighted by Crippen LogP contribution is -2.26. The van der Waals surface area contributed by atoms with Crippen molar-refractivity contribution in [2.75, 3.05) is 6.54 Å². The van der Waals surface area contributed by atoms with Crippen LogP contribution in [0.5, 0.6) is 0 Å². The zero-order valence-corrected chi connectivity index (χ0v) is 12.7. The molecule has 2 heteroatoms. The van der Waals surface area contributed by atoms with Gasteiger partial charge in [-0.1, -0.05) is 74.0 Å². The van der Waals surface area contributed by atoms with Crippen molar-refractivity contribution in [3.63, 3.8) is 0 Å². The summed E-state index contributed by atoms with van der Waals surface area (Å²) in [5.74, 6) is 0. The van der Waals surface area contributed by atoms with Gasteiger partial charge in [0, 0.05) is 0 Å². The first-order valence-electron chi connectivity index (χ1n) is 7.82. The summed E-state index contributed by atoms with van der Waals surface area (Å²) in [6.07, 6.45) is 2.50. The van der Waals surface area contributed by atoms with E-state index in [0.717, 1.165) is 25.8 Å². The van der Waals surface area contributed by atoms with Gasteiger partial charge in [-0.15, -0.1) is 0 Å². The maximum atomic E-state index is 9.86. The second-order valence-corrected chi connectivity index (χ2v) is 5.44. The minimum absolute atomic E-state index is 0.182. The molecular weight excluding hydrogens is 258 g/mol. The molecule has 0 aromatic heterocycles. The zero-order valence-electron chi connectivity index (χ0n) is 12.7. The topological polar surface area (TPSA) is 32.3 Å². The highest BCUT2D eigenvalue weighted by Gasteiger charge is 2.13. The first-order chi connectivity index (χ1) is 10.3. The van der Waals surface area contributed by atoms with E-state index in [-0.39, 0.29) is 12.1 Å². The van der Waals surface area contributed by atoms with Crippen LogP contribution in [0.4, 0.5) is 0 Å². The summed E-state index contributed by atoms with van der Waals surface area (Å²) in [5, 5.41) is 13.4. The van der Waals surface area contributed by atoms with Crippen LogP contribution in [0.25, 0.3) is 0 Å². The van der Waals surface area contributed by atoms with Crippen molar-refractivity contribution in [2.45, 2.75) is 38.3 Å². The highest BCUT2D eigenvalue weighted by atomic mass is 16.3. The summed E-state index contributed by atoms with van der Waals surface area (Å²) >= 11 is 0. The lowest BCUT2D eigenvalue weighted by molar-refractivity contribution is 0.152. The molecule has 0 fully saturated rings. The van der Waals surface area contributed by atoms with Gasteiger partial charge in [0.25, 0.3) is 0 Å². The number of hydrogen-bond acceptors (Lipinski definition) is 2. The third-order valence-electron chi connectivity index (χ3n) is 3.71. The molecule has 0 unspecified atom stereocenters. The van der Waals surface area contributed by atoms with Gasteiger partial charge in [-0.3, -0.25) is 0 Å². The van der Waals surface area contributed by atoms with E-state index in [9.17, 15) is 5.11 Å². The number of nitrogens with one attached hydrogen (secondary N) is 1. The van der Waals surface area contributed by atoms with E-state index in [0.29, 0.717) is 0 Å². The van der Waals surface area contributed by atoms with Gasteiger partial charge in [0.2, 0.25) is 0 Å². The molecule has 2 nitrogen and oxygen atoms in total. The minimum Gasteiger partial charge on any atom is -0.393 e. The predicted octanol–water partition coefficient (Wildman–Crippen LogP) is 3.92. The summed E-state index contributed by atoms with van der Waals surface area (Å²) in [5.41, 5.74) is 2.52. The average molecular weight is 283 g/mol. The molecule has 0 aliphatic heterocycles. The molecule has 0 aliphatic carbocycles. The molecule has 112 valence electrons. The van der Waals surface area contributed by atoms with E-state index >= 15 is 0 Å². The largest absolute Gasteiger partial charge is 0.393 e. The first kappa shape index (κ1) is 15.7. The van der Waals surface area contributed by atoms with Crippen molar-refractivity contribution >= 4 is 0 Å². The Balaban J connectivity index is 2.04. The molecule has 2 rings (SSSR count). The number of hydrogen-bond donors (Lipinski definition) is 2. The third kappa shape index (κ3) is 5.00. The molecule has 0 heterocycles. The van der Waals surface area contributed by atoms with E-state index in [1.54, 1.807) is 0 Å². The van der Waals surface area contributed by atoms with Crippen LogP contribution in [-0.4, -0.2) is 17.8 Å². The van der Waals surface area contributed by atoms with Crippen molar-refractivity contribution in [2.24, 2.45) is 0 Å². The van der Waals surface area contributed by atoms with E-state index < -0.39 is 0 Å². The van der Waals surface area contributed by atoms with Crippen molar-refractivity contribution in [1.82, 2.24) is 5.32 Å². The first-order valence-corrected chi connectivity index (χ1v) is 7.82. The van der Waals surface area contributed by atoms with Crippen molar-refractivity contribution < 1.29 is 5.11 Å². The van der Waals surface area contributed by atoms with Crippen molar-refractivity contribution in [3.05, 3.63) is 71.8 Å². The van der Waals surface area contributed by atoms with Crippen LogP contribution >= 0.6 is 0 Å². The molecule has 0 aliphatic rings. The van der Waals surface area contributed by atoms with Gasteiger partial charge < -0.3 is 10.4 Å². The number of benzene rings is 2. The fourth-order valence-electron chi connectivity index (χ4n) is 2.59. The molecule has 0 radical (unpaired) electrons. The molecule has 0 spiro atoms. The monoisotopic (exact) mass is 283 g/mol. The van der Waals surface area contributed by atoms with E-state index in [2.05, 4.69) is 60.8 Å². The van der Waals surface area contributed by atoms with Gasteiger partial charge in [0.1, 0.15) is 0 Å². The number of rotatable bonds is 8. The van der Waals surface area contributed by atoms with Gasteiger partial charge in [0.15, 0.2) is 0 Å². The van der Waals surface area contributed by atoms with Crippen LogP contribution in [-0.2, 0) is 0 Å². The summed E-state index contributed by atoms with van der Waals surface area (Å²) in [6.45, 7) is 2.92. The van der Waals surface area contributed by atoms with E-state index in [1.807, 2.05) is 12.1 Å². The van der Waals surface area contributed by atoms with Crippen LogP contribution in [0.15, 0.2) is 60.7 Å². The maximum Gasteiger partial charge on any atom is 0.0576 e. The lowest BCUT2D eigenvalue weighted by Gasteiger charge is -2.21. The van der Waals surface area contributed by atoms with Crippen molar-refractivity contribution in [3.8, 4) is 0 Å². The summed E-state index contributed by atoms with van der Waals surface area (Å²) in [6, 6.07) is 21.1. The second kappa shape index (κ2) is 8.60. The Morgan fingerprint density at radius 1 is 0.857 bits per heavy atom. The van der Waals surface area contributed by atoms with Crippen LogP contribution < -0.4 is 5.32 Å². The molecular formula is C19H25NO. The minimum atomic E-state index is -0.199. The second-order valence-electron chi connectivity index (χ2n) is 5.44. The van der Waals surface area contributed by atoms with Crippen LogP contribution in [0.1, 0.15) is 43.4 Å². The maximum absolute atomic E-state index is 9.86. The normalized spacial score (nSPS) is 12.5. The van der Waals surface area contributed by atoms with Gasteiger partial charge in [0.05, 0.1) is 12.1 Å². The Morgan fingerprint density at radius 2 is 1.38 bits per heavy atom. The molecule has 2 aromatic rings. The van der Waals surface area contributed by atoms with Crippen molar-refractivity contribution in [1.29, 1.82) is 0 Å². The smallest absolute Gasteiger partial charge is 0.0576 e.